The summed E-state index contributed by atoms with van der Waals surface area (Å²) in [6.45, 7) is 4.70. The highest BCUT2D eigenvalue weighted by Crippen LogP contribution is 2.36. The molecule has 0 spiro atoms. The van der Waals surface area contributed by atoms with E-state index in [2.05, 4.69) is 36.8 Å². The molecule has 1 aliphatic carbocycles. The van der Waals surface area contributed by atoms with Gasteiger partial charge in [-0.05, 0) is 58.8 Å². The lowest BCUT2D eigenvalue weighted by Gasteiger charge is -2.14. The van der Waals surface area contributed by atoms with E-state index in [0.29, 0.717) is 5.92 Å². The summed E-state index contributed by atoms with van der Waals surface area (Å²) in [6, 6.07) is 6.11. The molecule has 0 bridgehead atoms. The summed E-state index contributed by atoms with van der Waals surface area (Å²) in [5.74, 6) is 1.82. The van der Waals surface area contributed by atoms with Crippen LogP contribution in [0, 0.1) is 0 Å². The van der Waals surface area contributed by atoms with Gasteiger partial charge in [-0.25, -0.2) is 9.78 Å². The molecular weight excluding hydrogens is 356 g/mol. The Balaban J connectivity index is 1.52. The Kier molecular flexibility index (Phi) is 6.51. The first-order valence-electron chi connectivity index (χ1n) is 9.78. The predicted octanol–water partition coefficient (Wildman–Crippen LogP) is 3.38. The van der Waals surface area contributed by atoms with Gasteiger partial charge < -0.3 is 20.3 Å². The number of amides is 1. The number of H-pyrrole nitrogens is 1. The van der Waals surface area contributed by atoms with E-state index in [9.17, 15) is 4.79 Å². The zero-order chi connectivity index (χ0) is 20.1. The molecule has 2 aromatic rings. The van der Waals surface area contributed by atoms with Crippen molar-refractivity contribution in [1.29, 1.82) is 0 Å². The monoisotopic (exact) mass is 386 g/mol. The number of anilines is 2. The maximum atomic E-state index is 11.8. The molecule has 152 valence electrons. The molecule has 28 heavy (non-hydrogen) atoms. The Morgan fingerprint density at radius 1 is 1.32 bits per heavy atom. The fourth-order valence-corrected chi connectivity index (χ4v) is 3.45. The average Bonchev–Trinajstić information content (AvgIpc) is 3.25. The average molecular weight is 387 g/mol. The number of aromatic nitrogens is 3. The number of hydrogen-bond donors (Lipinski definition) is 3. The van der Waals surface area contributed by atoms with Gasteiger partial charge in [-0.2, -0.15) is 5.10 Å². The second-order valence-corrected chi connectivity index (χ2v) is 7.96. The van der Waals surface area contributed by atoms with Gasteiger partial charge in [0.1, 0.15) is 11.9 Å². The smallest absolute Gasteiger partial charge is 0.407 e. The van der Waals surface area contributed by atoms with Crippen LogP contribution in [0.15, 0.2) is 24.4 Å². The SMILES string of the molecule is CC(C)NC(=O)O[C@@H]1CC[C@H](c2cc(Nc3ccc(CN(C)C)cn3)n[nH]2)C1. The molecule has 1 saturated carbocycles. The van der Waals surface area contributed by atoms with Gasteiger partial charge in [-0.1, -0.05) is 6.07 Å². The number of pyridine rings is 1. The largest absolute Gasteiger partial charge is 0.446 e. The molecule has 0 saturated heterocycles. The van der Waals surface area contributed by atoms with Crippen LogP contribution in [0.3, 0.4) is 0 Å². The van der Waals surface area contributed by atoms with Gasteiger partial charge >= 0.3 is 6.09 Å². The summed E-state index contributed by atoms with van der Waals surface area (Å²) in [5, 5.41) is 13.5. The van der Waals surface area contributed by atoms with E-state index < -0.39 is 0 Å². The molecule has 8 nitrogen and oxygen atoms in total. The number of carbonyl (C=O) groups excluding carboxylic acids is 1. The van der Waals surface area contributed by atoms with Crippen LogP contribution >= 0.6 is 0 Å². The molecule has 8 heteroatoms. The van der Waals surface area contributed by atoms with Crippen molar-refractivity contribution in [3.05, 3.63) is 35.7 Å². The van der Waals surface area contributed by atoms with Gasteiger partial charge in [-0.3, -0.25) is 5.10 Å². The normalized spacial score (nSPS) is 19.2. The highest BCUT2D eigenvalue weighted by molar-refractivity contribution is 5.67. The van der Waals surface area contributed by atoms with E-state index in [1.54, 1.807) is 0 Å². The number of hydrogen-bond acceptors (Lipinski definition) is 6. The van der Waals surface area contributed by atoms with Crippen molar-refractivity contribution in [2.24, 2.45) is 0 Å². The number of nitrogens with one attached hydrogen (secondary N) is 3. The first-order valence-corrected chi connectivity index (χ1v) is 9.78. The van der Waals surface area contributed by atoms with Crippen molar-refractivity contribution in [3.63, 3.8) is 0 Å². The summed E-state index contributed by atoms with van der Waals surface area (Å²) in [6.07, 6.45) is 4.14. The van der Waals surface area contributed by atoms with Gasteiger partial charge in [0, 0.05) is 36.5 Å². The van der Waals surface area contributed by atoms with Gasteiger partial charge in [-0.15, -0.1) is 0 Å². The van der Waals surface area contributed by atoms with E-state index in [1.807, 2.05) is 46.3 Å². The van der Waals surface area contributed by atoms with E-state index in [4.69, 9.17) is 4.74 Å². The molecule has 3 rings (SSSR count). The number of ether oxygens (including phenoxy) is 1. The molecule has 0 radical (unpaired) electrons. The highest BCUT2D eigenvalue weighted by atomic mass is 16.6. The molecule has 2 heterocycles. The first-order chi connectivity index (χ1) is 13.4. The van der Waals surface area contributed by atoms with Gasteiger partial charge in [0.05, 0.1) is 0 Å². The lowest BCUT2D eigenvalue weighted by Crippen LogP contribution is -2.33. The first kappa shape index (κ1) is 20.1. The summed E-state index contributed by atoms with van der Waals surface area (Å²) >= 11 is 0. The summed E-state index contributed by atoms with van der Waals surface area (Å²) < 4.78 is 5.50. The maximum absolute atomic E-state index is 11.8. The van der Waals surface area contributed by atoms with E-state index in [1.165, 1.54) is 0 Å². The number of aromatic amines is 1. The molecule has 0 unspecified atom stereocenters. The second-order valence-electron chi connectivity index (χ2n) is 7.96. The molecule has 0 aliphatic heterocycles. The third kappa shape index (κ3) is 5.69. The summed E-state index contributed by atoms with van der Waals surface area (Å²) in [7, 11) is 4.07. The lowest BCUT2D eigenvalue weighted by atomic mass is 10.0. The Morgan fingerprint density at radius 3 is 2.82 bits per heavy atom. The standard InChI is InChI=1S/C20H30N6O2/c1-13(2)22-20(27)28-16-7-6-15(9-16)17-10-19(25-24-17)23-18-8-5-14(11-21-18)12-26(3)4/h5,8,10-11,13,15-16H,6-7,9,12H2,1-4H3,(H,22,27)(H2,21,23,24,25)/t15-,16+/m0/s1. The van der Waals surface area contributed by atoms with Crippen LogP contribution in [-0.4, -0.2) is 52.4 Å². The van der Waals surface area contributed by atoms with Gasteiger partial charge in [0.2, 0.25) is 0 Å². The zero-order valence-electron chi connectivity index (χ0n) is 17.0. The van der Waals surface area contributed by atoms with Gasteiger partial charge in [0.15, 0.2) is 5.82 Å². The molecule has 0 aromatic carbocycles. The third-order valence-corrected chi connectivity index (χ3v) is 4.68. The fourth-order valence-electron chi connectivity index (χ4n) is 3.45. The molecular formula is C20H30N6O2. The molecule has 1 amide bonds. The lowest BCUT2D eigenvalue weighted by molar-refractivity contribution is 0.0981. The zero-order valence-corrected chi connectivity index (χ0v) is 17.0. The third-order valence-electron chi connectivity index (χ3n) is 4.68. The van der Waals surface area contributed by atoms with Crippen molar-refractivity contribution < 1.29 is 9.53 Å². The Hall–Kier alpha value is -2.61. The van der Waals surface area contributed by atoms with Gasteiger partial charge in [0.25, 0.3) is 0 Å². The van der Waals surface area contributed by atoms with Crippen LogP contribution < -0.4 is 10.6 Å². The van der Waals surface area contributed by atoms with E-state index >= 15 is 0 Å². The minimum atomic E-state index is -0.337. The second kappa shape index (κ2) is 9.05. The highest BCUT2D eigenvalue weighted by Gasteiger charge is 2.30. The Morgan fingerprint density at radius 2 is 2.14 bits per heavy atom. The number of alkyl carbamates (subject to hydrolysis) is 1. The van der Waals surface area contributed by atoms with Crippen LogP contribution in [0.2, 0.25) is 0 Å². The predicted molar refractivity (Wildman–Crippen MR) is 109 cm³/mol. The van der Waals surface area contributed by atoms with Crippen LogP contribution in [0.5, 0.6) is 0 Å². The Labute approximate surface area is 166 Å². The summed E-state index contributed by atoms with van der Waals surface area (Å²) in [4.78, 5) is 18.3. The van der Waals surface area contributed by atoms with Crippen LogP contribution in [0.25, 0.3) is 0 Å². The van der Waals surface area contributed by atoms with Crippen LogP contribution in [-0.2, 0) is 11.3 Å². The van der Waals surface area contributed by atoms with E-state index in [0.717, 1.165) is 48.7 Å². The number of rotatable bonds is 7. The van der Waals surface area contributed by atoms with E-state index in [-0.39, 0.29) is 18.2 Å². The topological polar surface area (TPSA) is 95.2 Å². The molecule has 1 fully saturated rings. The van der Waals surface area contributed by atoms with Crippen molar-refractivity contribution in [3.8, 4) is 0 Å². The quantitative estimate of drug-likeness (QED) is 0.675. The minimum Gasteiger partial charge on any atom is -0.446 e. The molecule has 2 aromatic heterocycles. The fraction of sp³-hybridized carbons (Fsp3) is 0.550. The molecule has 3 N–H and O–H groups in total. The van der Waals surface area contributed by atoms with Crippen molar-refractivity contribution in [2.45, 2.75) is 57.7 Å². The van der Waals surface area contributed by atoms with Crippen molar-refractivity contribution in [1.82, 2.24) is 25.4 Å². The van der Waals surface area contributed by atoms with Crippen molar-refractivity contribution >= 4 is 17.7 Å². The number of nitrogens with zero attached hydrogens (tertiary/aromatic N) is 3. The minimum absolute atomic E-state index is 0.0469. The Bertz CT molecular complexity index is 771. The van der Waals surface area contributed by atoms with Crippen molar-refractivity contribution in [2.75, 3.05) is 19.4 Å². The summed E-state index contributed by atoms with van der Waals surface area (Å²) in [5.41, 5.74) is 2.22. The maximum Gasteiger partial charge on any atom is 0.407 e. The molecule has 2 atom stereocenters. The number of carbonyl (C=O) groups is 1. The molecule has 1 aliphatic rings. The van der Waals surface area contributed by atoms with Crippen LogP contribution in [0.1, 0.15) is 50.3 Å². The van der Waals surface area contributed by atoms with Crippen LogP contribution in [0.4, 0.5) is 16.4 Å².